The van der Waals surface area contributed by atoms with E-state index in [4.69, 9.17) is 5.73 Å². The van der Waals surface area contributed by atoms with E-state index in [1.165, 1.54) is 17.1 Å². The highest BCUT2D eigenvalue weighted by Gasteiger charge is 2.11. The molecule has 0 bridgehead atoms. The van der Waals surface area contributed by atoms with E-state index >= 15 is 0 Å². The number of fused-ring (bicyclic) bond motifs is 1. The fraction of sp³-hybridized carbons (Fsp3) is 0. The Balaban J connectivity index is 1.77. The van der Waals surface area contributed by atoms with Gasteiger partial charge in [0.2, 0.25) is 0 Å². The maximum Gasteiger partial charge on any atom is 0.198 e. The molecule has 22 heavy (non-hydrogen) atoms. The summed E-state index contributed by atoms with van der Waals surface area (Å²) in [4.78, 5) is 7.49. The summed E-state index contributed by atoms with van der Waals surface area (Å²) in [5.74, 6) is 0.0699. The van der Waals surface area contributed by atoms with Gasteiger partial charge in [-0.15, -0.1) is 5.10 Å². The predicted octanol–water partition coefficient (Wildman–Crippen LogP) is 3.14. The molecule has 2 aromatic heterocycles. The van der Waals surface area contributed by atoms with Gasteiger partial charge in [0.15, 0.2) is 11.6 Å². The molecular formula is C16H12FN5. The van der Waals surface area contributed by atoms with Gasteiger partial charge in [0, 0.05) is 16.6 Å². The van der Waals surface area contributed by atoms with Crippen molar-refractivity contribution in [1.82, 2.24) is 19.7 Å². The van der Waals surface area contributed by atoms with Crippen LogP contribution in [-0.4, -0.2) is 19.7 Å². The lowest BCUT2D eigenvalue weighted by Crippen LogP contribution is -1.99. The summed E-state index contributed by atoms with van der Waals surface area (Å²) < 4.78 is 15.3. The number of nitrogens with zero attached hydrogens (tertiary/aromatic N) is 3. The van der Waals surface area contributed by atoms with E-state index in [2.05, 4.69) is 15.1 Å². The summed E-state index contributed by atoms with van der Waals surface area (Å²) in [5.41, 5.74) is 8.03. The molecule has 3 N–H and O–H groups in total. The Kier molecular flexibility index (Phi) is 2.69. The zero-order chi connectivity index (χ0) is 15.1. The van der Waals surface area contributed by atoms with Crippen molar-refractivity contribution in [3.8, 4) is 17.2 Å². The standard InChI is InChI=1S/C16H12FN5/c17-12-8-11(18)5-6-15(12)22-9-19-16(21-22)14-7-10-3-1-2-4-13(10)20-14/h1-9,20H,18H2. The van der Waals surface area contributed by atoms with Crippen molar-refractivity contribution in [1.29, 1.82) is 0 Å². The Hall–Kier alpha value is -3.15. The fourth-order valence-corrected chi connectivity index (χ4v) is 2.41. The number of nitrogen functional groups attached to an aromatic ring is 1. The molecule has 0 radical (unpaired) electrons. The summed E-state index contributed by atoms with van der Waals surface area (Å²) in [6.07, 6.45) is 1.48. The first-order chi connectivity index (χ1) is 10.7. The molecule has 6 heteroatoms. The quantitative estimate of drug-likeness (QED) is 0.558. The maximum absolute atomic E-state index is 13.9. The largest absolute Gasteiger partial charge is 0.399 e. The van der Waals surface area contributed by atoms with Crippen LogP contribution in [0.3, 0.4) is 0 Å². The van der Waals surface area contributed by atoms with Gasteiger partial charge in [0.05, 0.1) is 5.69 Å². The monoisotopic (exact) mass is 293 g/mol. The Morgan fingerprint density at radius 3 is 2.77 bits per heavy atom. The molecule has 0 unspecified atom stereocenters. The van der Waals surface area contributed by atoms with Gasteiger partial charge in [0.1, 0.15) is 12.0 Å². The number of rotatable bonds is 2. The third-order valence-corrected chi connectivity index (χ3v) is 3.48. The van der Waals surface area contributed by atoms with E-state index < -0.39 is 5.82 Å². The summed E-state index contributed by atoms with van der Waals surface area (Å²) in [5, 5.41) is 5.41. The maximum atomic E-state index is 13.9. The molecule has 0 saturated heterocycles. The average molecular weight is 293 g/mol. The van der Waals surface area contributed by atoms with Gasteiger partial charge < -0.3 is 10.7 Å². The molecule has 0 amide bonds. The lowest BCUT2D eigenvalue weighted by molar-refractivity contribution is 0.611. The van der Waals surface area contributed by atoms with Crippen molar-refractivity contribution < 1.29 is 4.39 Å². The van der Waals surface area contributed by atoms with Crippen molar-refractivity contribution in [3.05, 3.63) is 60.7 Å². The number of hydrogen-bond donors (Lipinski definition) is 2. The van der Waals surface area contributed by atoms with Crippen LogP contribution in [0.25, 0.3) is 28.1 Å². The van der Waals surface area contributed by atoms with E-state index in [0.717, 1.165) is 16.6 Å². The highest BCUT2D eigenvalue weighted by atomic mass is 19.1. The highest BCUT2D eigenvalue weighted by molar-refractivity contribution is 5.84. The average Bonchev–Trinajstić information content (AvgIpc) is 3.13. The summed E-state index contributed by atoms with van der Waals surface area (Å²) in [6, 6.07) is 14.3. The molecule has 108 valence electrons. The second kappa shape index (κ2) is 4.70. The summed E-state index contributed by atoms with van der Waals surface area (Å²) >= 11 is 0. The van der Waals surface area contributed by atoms with E-state index in [9.17, 15) is 4.39 Å². The van der Waals surface area contributed by atoms with Crippen LogP contribution < -0.4 is 5.73 Å². The number of nitrogens with two attached hydrogens (primary N) is 1. The van der Waals surface area contributed by atoms with Gasteiger partial charge in [-0.25, -0.2) is 14.1 Å². The number of aromatic nitrogens is 4. The topological polar surface area (TPSA) is 72.5 Å². The third kappa shape index (κ3) is 2.01. The molecule has 0 spiro atoms. The Labute approximate surface area is 125 Å². The SMILES string of the molecule is Nc1ccc(-n2cnc(-c3cc4ccccc4[nH]3)n2)c(F)c1. The van der Waals surface area contributed by atoms with Crippen molar-refractivity contribution >= 4 is 16.6 Å². The number of para-hydroxylation sites is 1. The van der Waals surface area contributed by atoms with Gasteiger partial charge in [-0.3, -0.25) is 0 Å². The van der Waals surface area contributed by atoms with Crippen LogP contribution in [0.4, 0.5) is 10.1 Å². The lowest BCUT2D eigenvalue weighted by Gasteiger charge is -2.02. The second-order valence-electron chi connectivity index (χ2n) is 4.99. The Bertz CT molecular complexity index is 937. The van der Waals surface area contributed by atoms with Gasteiger partial charge in [0.25, 0.3) is 0 Å². The highest BCUT2D eigenvalue weighted by Crippen LogP contribution is 2.22. The van der Waals surface area contributed by atoms with Crippen LogP contribution >= 0.6 is 0 Å². The third-order valence-electron chi connectivity index (χ3n) is 3.48. The van der Waals surface area contributed by atoms with Gasteiger partial charge in [-0.05, 0) is 30.3 Å². The smallest absolute Gasteiger partial charge is 0.198 e. The number of hydrogen-bond acceptors (Lipinski definition) is 3. The minimum atomic E-state index is -0.437. The van der Waals surface area contributed by atoms with Crippen LogP contribution in [0.15, 0.2) is 54.9 Å². The molecule has 4 rings (SSSR count). The van der Waals surface area contributed by atoms with E-state index in [1.807, 2.05) is 30.3 Å². The first-order valence-corrected chi connectivity index (χ1v) is 6.76. The molecule has 2 aromatic carbocycles. The number of halogens is 1. The van der Waals surface area contributed by atoms with E-state index in [1.54, 1.807) is 12.1 Å². The van der Waals surface area contributed by atoms with Crippen molar-refractivity contribution in [3.63, 3.8) is 0 Å². The van der Waals surface area contributed by atoms with Crippen LogP contribution in [0, 0.1) is 5.82 Å². The van der Waals surface area contributed by atoms with Crippen LogP contribution in [0.1, 0.15) is 0 Å². The molecule has 0 aliphatic heterocycles. The molecule has 5 nitrogen and oxygen atoms in total. The molecule has 0 fully saturated rings. The van der Waals surface area contributed by atoms with Crippen LogP contribution in [-0.2, 0) is 0 Å². The molecule has 0 saturated carbocycles. The van der Waals surface area contributed by atoms with E-state index in [0.29, 0.717) is 17.2 Å². The number of aromatic amines is 1. The van der Waals surface area contributed by atoms with Crippen molar-refractivity contribution in [2.24, 2.45) is 0 Å². The minimum Gasteiger partial charge on any atom is -0.399 e. The first-order valence-electron chi connectivity index (χ1n) is 6.76. The number of anilines is 1. The lowest BCUT2D eigenvalue weighted by atomic mass is 10.2. The molecule has 0 aliphatic carbocycles. The first kappa shape index (κ1) is 12.6. The van der Waals surface area contributed by atoms with Gasteiger partial charge in [-0.2, -0.15) is 0 Å². The van der Waals surface area contributed by atoms with Crippen molar-refractivity contribution in [2.75, 3.05) is 5.73 Å². The van der Waals surface area contributed by atoms with Crippen molar-refractivity contribution in [2.45, 2.75) is 0 Å². The van der Waals surface area contributed by atoms with Gasteiger partial charge in [-0.1, -0.05) is 18.2 Å². The molecule has 2 heterocycles. The number of nitrogens with one attached hydrogen (secondary N) is 1. The normalized spacial score (nSPS) is 11.1. The minimum absolute atomic E-state index is 0.309. The van der Waals surface area contributed by atoms with Crippen LogP contribution in [0.5, 0.6) is 0 Å². The fourth-order valence-electron chi connectivity index (χ4n) is 2.41. The summed E-state index contributed by atoms with van der Waals surface area (Å²) in [7, 11) is 0. The molecule has 0 atom stereocenters. The van der Waals surface area contributed by atoms with Gasteiger partial charge >= 0.3 is 0 Å². The zero-order valence-electron chi connectivity index (χ0n) is 11.5. The van der Waals surface area contributed by atoms with E-state index in [-0.39, 0.29) is 0 Å². The predicted molar refractivity (Wildman–Crippen MR) is 83.0 cm³/mol. The Morgan fingerprint density at radius 2 is 1.95 bits per heavy atom. The number of H-pyrrole nitrogens is 1. The Morgan fingerprint density at radius 1 is 1.09 bits per heavy atom. The molecule has 4 aromatic rings. The summed E-state index contributed by atoms with van der Waals surface area (Å²) in [6.45, 7) is 0. The van der Waals surface area contributed by atoms with Crippen LogP contribution in [0.2, 0.25) is 0 Å². The second-order valence-corrected chi connectivity index (χ2v) is 4.99. The molecular weight excluding hydrogens is 281 g/mol. The molecule has 0 aliphatic rings. The number of benzene rings is 2. The zero-order valence-corrected chi connectivity index (χ0v) is 11.5.